The van der Waals surface area contributed by atoms with Crippen LogP contribution in [0.25, 0.3) is 11.5 Å². The normalized spacial score (nSPS) is 20.7. The molecule has 0 amide bonds. The second-order valence-corrected chi connectivity index (χ2v) is 6.31. The number of fused-ring (bicyclic) bond motifs is 1. The van der Waals surface area contributed by atoms with Gasteiger partial charge < -0.3 is 10.3 Å². The molecule has 20 heavy (non-hydrogen) atoms. The van der Waals surface area contributed by atoms with Gasteiger partial charge in [-0.15, -0.1) is 0 Å². The molecule has 1 unspecified atom stereocenters. The van der Waals surface area contributed by atoms with Gasteiger partial charge in [-0.25, -0.2) is 15.0 Å². The van der Waals surface area contributed by atoms with Crippen molar-refractivity contribution in [2.24, 2.45) is 11.1 Å². The summed E-state index contributed by atoms with van der Waals surface area (Å²) in [6.07, 6.45) is 7.46. The third-order valence-corrected chi connectivity index (χ3v) is 4.00. The summed E-state index contributed by atoms with van der Waals surface area (Å²) < 4.78 is 2.05. The maximum atomic E-state index is 6.25. The van der Waals surface area contributed by atoms with Crippen molar-refractivity contribution in [1.82, 2.24) is 19.5 Å². The van der Waals surface area contributed by atoms with E-state index in [1.165, 1.54) is 0 Å². The lowest BCUT2D eigenvalue weighted by Gasteiger charge is -2.34. The Morgan fingerprint density at radius 2 is 2.20 bits per heavy atom. The zero-order chi connectivity index (χ0) is 14.3. The first-order valence-electron chi connectivity index (χ1n) is 7.12. The second kappa shape index (κ2) is 4.66. The number of imidazole rings is 1. The van der Waals surface area contributed by atoms with Gasteiger partial charge in [-0.3, -0.25) is 0 Å². The molecule has 0 aromatic carbocycles. The molecule has 5 heteroatoms. The molecule has 0 saturated heterocycles. The lowest BCUT2D eigenvalue weighted by atomic mass is 9.74. The zero-order valence-corrected chi connectivity index (χ0v) is 12.3. The number of aryl methyl sites for hydroxylation is 1. The molecule has 2 aromatic heterocycles. The first-order chi connectivity index (χ1) is 9.50. The van der Waals surface area contributed by atoms with E-state index >= 15 is 0 Å². The molecule has 1 aliphatic rings. The van der Waals surface area contributed by atoms with Crippen LogP contribution in [0.3, 0.4) is 0 Å². The maximum Gasteiger partial charge on any atom is 0.178 e. The molecule has 2 heterocycles. The summed E-state index contributed by atoms with van der Waals surface area (Å²) in [5, 5.41) is 0. The predicted octanol–water partition coefficient (Wildman–Crippen LogP) is 2.33. The van der Waals surface area contributed by atoms with Crippen LogP contribution in [0.5, 0.6) is 0 Å². The van der Waals surface area contributed by atoms with Crippen molar-refractivity contribution in [1.29, 1.82) is 0 Å². The van der Waals surface area contributed by atoms with Crippen LogP contribution >= 0.6 is 0 Å². The van der Waals surface area contributed by atoms with E-state index in [-0.39, 0.29) is 11.5 Å². The standard InChI is InChI=1S/C15H21N5/c1-4-20-9-17-8-13(20)14-18-7-10-11(16)5-15(2,3)6-12(10)19-14/h7-9,11H,4-6,16H2,1-3H3. The number of hydrogen-bond donors (Lipinski definition) is 1. The molecule has 5 nitrogen and oxygen atoms in total. The van der Waals surface area contributed by atoms with E-state index in [0.29, 0.717) is 0 Å². The molecule has 0 spiro atoms. The van der Waals surface area contributed by atoms with Gasteiger partial charge in [0.25, 0.3) is 0 Å². The van der Waals surface area contributed by atoms with Crippen molar-refractivity contribution in [3.63, 3.8) is 0 Å². The molecule has 2 aromatic rings. The van der Waals surface area contributed by atoms with Crippen molar-refractivity contribution < 1.29 is 0 Å². The number of nitrogens with two attached hydrogens (primary N) is 1. The Morgan fingerprint density at radius 1 is 1.40 bits per heavy atom. The summed E-state index contributed by atoms with van der Waals surface area (Å²) in [4.78, 5) is 13.4. The number of aromatic nitrogens is 4. The minimum atomic E-state index is 0.0406. The van der Waals surface area contributed by atoms with Crippen molar-refractivity contribution in [2.45, 2.75) is 46.2 Å². The number of hydrogen-bond acceptors (Lipinski definition) is 4. The van der Waals surface area contributed by atoms with Gasteiger partial charge in [-0.05, 0) is 25.2 Å². The number of rotatable bonds is 2. The largest absolute Gasteiger partial charge is 0.328 e. The molecule has 3 rings (SSSR count). The Morgan fingerprint density at radius 3 is 2.95 bits per heavy atom. The van der Waals surface area contributed by atoms with Crippen LogP contribution in [0.4, 0.5) is 0 Å². The Hall–Kier alpha value is -1.75. The van der Waals surface area contributed by atoms with Gasteiger partial charge in [0.2, 0.25) is 0 Å². The van der Waals surface area contributed by atoms with E-state index in [1.54, 1.807) is 0 Å². The molecular weight excluding hydrogens is 250 g/mol. The molecule has 0 fully saturated rings. The summed E-state index contributed by atoms with van der Waals surface area (Å²) in [6.45, 7) is 7.44. The minimum Gasteiger partial charge on any atom is -0.328 e. The fraction of sp³-hybridized carbons (Fsp3) is 0.533. The highest BCUT2D eigenvalue weighted by Gasteiger charge is 2.31. The lowest BCUT2D eigenvalue weighted by Crippen LogP contribution is -2.30. The Bertz CT molecular complexity index is 629. The van der Waals surface area contributed by atoms with Crippen molar-refractivity contribution in [3.8, 4) is 11.5 Å². The maximum absolute atomic E-state index is 6.25. The van der Waals surface area contributed by atoms with E-state index in [1.807, 2.05) is 18.7 Å². The third-order valence-electron chi connectivity index (χ3n) is 4.00. The minimum absolute atomic E-state index is 0.0406. The predicted molar refractivity (Wildman–Crippen MR) is 78.0 cm³/mol. The molecular formula is C15H21N5. The highest BCUT2D eigenvalue weighted by atomic mass is 15.1. The van der Waals surface area contributed by atoms with Crippen LogP contribution in [0.2, 0.25) is 0 Å². The number of nitrogens with zero attached hydrogens (tertiary/aromatic N) is 4. The summed E-state index contributed by atoms with van der Waals surface area (Å²) >= 11 is 0. The topological polar surface area (TPSA) is 69.6 Å². The summed E-state index contributed by atoms with van der Waals surface area (Å²) in [7, 11) is 0. The van der Waals surface area contributed by atoms with Crippen LogP contribution in [0, 0.1) is 5.41 Å². The first-order valence-corrected chi connectivity index (χ1v) is 7.12. The quantitative estimate of drug-likeness (QED) is 0.910. The van der Waals surface area contributed by atoms with Gasteiger partial charge in [-0.1, -0.05) is 13.8 Å². The molecule has 1 atom stereocenters. The van der Waals surface area contributed by atoms with E-state index in [2.05, 4.69) is 35.3 Å². The highest BCUT2D eigenvalue weighted by molar-refractivity contribution is 5.49. The molecule has 0 saturated carbocycles. The van der Waals surface area contributed by atoms with Crippen LogP contribution in [0.15, 0.2) is 18.7 Å². The Labute approximate surface area is 119 Å². The molecule has 0 bridgehead atoms. The third kappa shape index (κ3) is 2.22. The molecule has 0 aliphatic heterocycles. The average molecular weight is 271 g/mol. The van der Waals surface area contributed by atoms with Gasteiger partial charge in [0.15, 0.2) is 5.82 Å². The van der Waals surface area contributed by atoms with Crippen LogP contribution < -0.4 is 5.73 Å². The Kier molecular flexibility index (Phi) is 3.09. The lowest BCUT2D eigenvalue weighted by molar-refractivity contribution is 0.278. The molecule has 1 aliphatic carbocycles. The van der Waals surface area contributed by atoms with E-state index in [0.717, 1.165) is 42.2 Å². The van der Waals surface area contributed by atoms with Gasteiger partial charge in [0.1, 0.15) is 5.69 Å². The molecule has 2 N–H and O–H groups in total. The Balaban J connectivity index is 2.05. The van der Waals surface area contributed by atoms with E-state index in [4.69, 9.17) is 10.7 Å². The van der Waals surface area contributed by atoms with Gasteiger partial charge in [-0.2, -0.15) is 0 Å². The van der Waals surface area contributed by atoms with Crippen LogP contribution in [-0.4, -0.2) is 19.5 Å². The smallest absolute Gasteiger partial charge is 0.178 e. The fourth-order valence-corrected chi connectivity index (χ4v) is 2.99. The summed E-state index contributed by atoms with van der Waals surface area (Å²) in [5.74, 6) is 0.744. The van der Waals surface area contributed by atoms with Crippen molar-refractivity contribution in [2.75, 3.05) is 0 Å². The highest BCUT2D eigenvalue weighted by Crippen LogP contribution is 2.38. The van der Waals surface area contributed by atoms with Crippen molar-refractivity contribution in [3.05, 3.63) is 30.0 Å². The average Bonchev–Trinajstić information content (AvgIpc) is 2.84. The van der Waals surface area contributed by atoms with Crippen molar-refractivity contribution >= 4 is 0 Å². The van der Waals surface area contributed by atoms with Gasteiger partial charge in [0, 0.05) is 30.0 Å². The SMILES string of the molecule is CCn1cncc1-c1ncc2c(n1)CC(C)(C)CC2N. The summed E-state index contributed by atoms with van der Waals surface area (Å²) in [5.41, 5.74) is 9.59. The van der Waals surface area contributed by atoms with E-state index < -0.39 is 0 Å². The van der Waals surface area contributed by atoms with Gasteiger partial charge in [0.05, 0.1) is 12.5 Å². The second-order valence-electron chi connectivity index (χ2n) is 6.31. The molecule has 106 valence electrons. The summed E-state index contributed by atoms with van der Waals surface area (Å²) in [6, 6.07) is 0.0406. The van der Waals surface area contributed by atoms with Crippen LogP contribution in [0.1, 0.15) is 44.5 Å². The van der Waals surface area contributed by atoms with Gasteiger partial charge >= 0.3 is 0 Å². The monoisotopic (exact) mass is 271 g/mol. The first kappa shape index (κ1) is 13.2. The molecule has 0 radical (unpaired) electrons. The van der Waals surface area contributed by atoms with Crippen LogP contribution in [-0.2, 0) is 13.0 Å². The fourth-order valence-electron chi connectivity index (χ4n) is 2.99. The van der Waals surface area contributed by atoms with E-state index in [9.17, 15) is 0 Å². The zero-order valence-electron chi connectivity index (χ0n) is 12.3.